The first-order chi connectivity index (χ1) is 6.87. The summed E-state index contributed by atoms with van der Waals surface area (Å²) in [6.07, 6.45) is 2.90. The number of nitrogens with one attached hydrogen (secondary N) is 1. The molecular formula is C12H25NO2S. The van der Waals surface area contributed by atoms with E-state index in [1.54, 1.807) is 0 Å². The fraction of sp³-hybridized carbons (Fsp3) is 1.00. The van der Waals surface area contributed by atoms with Gasteiger partial charge in [0.15, 0.2) is 9.84 Å². The van der Waals surface area contributed by atoms with Crippen molar-refractivity contribution in [3.05, 3.63) is 0 Å². The zero-order valence-electron chi connectivity index (χ0n) is 11.3. The van der Waals surface area contributed by atoms with Gasteiger partial charge < -0.3 is 5.32 Å². The van der Waals surface area contributed by atoms with Crippen LogP contribution in [-0.4, -0.2) is 31.5 Å². The first-order valence-corrected chi connectivity index (χ1v) is 7.71. The summed E-state index contributed by atoms with van der Waals surface area (Å²) in [5, 5.41) is 3.33. The largest absolute Gasteiger partial charge is 0.310 e. The summed E-state index contributed by atoms with van der Waals surface area (Å²) in [5.74, 6) is 0. The highest BCUT2D eigenvalue weighted by atomic mass is 32.2. The van der Waals surface area contributed by atoms with Crippen molar-refractivity contribution in [3.63, 3.8) is 0 Å². The monoisotopic (exact) mass is 247 g/mol. The molecule has 0 spiro atoms. The summed E-state index contributed by atoms with van der Waals surface area (Å²) in [6.45, 7) is 11.0. The lowest BCUT2D eigenvalue weighted by Crippen LogP contribution is -2.61. The molecule has 96 valence electrons. The van der Waals surface area contributed by atoms with E-state index in [0.717, 1.165) is 12.8 Å². The van der Waals surface area contributed by atoms with Gasteiger partial charge in [0.05, 0.1) is 4.75 Å². The number of hydrogen-bond acceptors (Lipinski definition) is 3. The summed E-state index contributed by atoms with van der Waals surface area (Å²) in [4.78, 5) is 0. The van der Waals surface area contributed by atoms with Gasteiger partial charge in [0.25, 0.3) is 0 Å². The van der Waals surface area contributed by atoms with Crippen molar-refractivity contribution in [2.24, 2.45) is 5.41 Å². The van der Waals surface area contributed by atoms with Crippen LogP contribution in [-0.2, 0) is 9.84 Å². The maximum atomic E-state index is 11.9. The SMILES string of the molecule is CC1(C)CC(CNC(C)(C)C)(S(C)(=O)=O)C1. The highest BCUT2D eigenvalue weighted by Gasteiger charge is 2.55. The first kappa shape index (κ1) is 14.0. The van der Waals surface area contributed by atoms with Gasteiger partial charge in [0, 0.05) is 18.3 Å². The van der Waals surface area contributed by atoms with Crippen molar-refractivity contribution in [3.8, 4) is 0 Å². The number of hydrogen-bond donors (Lipinski definition) is 1. The van der Waals surface area contributed by atoms with E-state index in [9.17, 15) is 8.42 Å². The van der Waals surface area contributed by atoms with Crippen LogP contribution in [0.15, 0.2) is 0 Å². The van der Waals surface area contributed by atoms with Crippen molar-refractivity contribution in [1.82, 2.24) is 5.32 Å². The lowest BCUT2D eigenvalue weighted by atomic mass is 9.63. The standard InChI is InChI=1S/C12H25NO2S/c1-10(2,3)13-9-12(16(6,14)15)7-11(4,5)8-12/h13H,7-9H2,1-6H3. The average Bonchev–Trinajstić information content (AvgIpc) is 1.92. The second-order valence-corrected chi connectivity index (χ2v) is 9.49. The minimum absolute atomic E-state index is 0.0303. The van der Waals surface area contributed by atoms with Crippen LogP contribution in [0.5, 0.6) is 0 Å². The van der Waals surface area contributed by atoms with Gasteiger partial charge in [-0.2, -0.15) is 0 Å². The quantitative estimate of drug-likeness (QED) is 0.829. The number of rotatable bonds is 3. The smallest absolute Gasteiger partial charge is 0.154 e. The molecule has 1 N–H and O–H groups in total. The fourth-order valence-electron chi connectivity index (χ4n) is 2.64. The van der Waals surface area contributed by atoms with E-state index in [4.69, 9.17) is 0 Å². The molecule has 0 aliphatic heterocycles. The molecule has 0 aromatic rings. The van der Waals surface area contributed by atoms with E-state index in [2.05, 4.69) is 39.9 Å². The van der Waals surface area contributed by atoms with E-state index in [1.807, 2.05) is 0 Å². The van der Waals surface area contributed by atoms with Gasteiger partial charge in [-0.05, 0) is 39.0 Å². The Morgan fingerprint density at radius 1 is 1.19 bits per heavy atom. The van der Waals surface area contributed by atoms with E-state index in [0.29, 0.717) is 6.54 Å². The molecule has 3 nitrogen and oxygen atoms in total. The van der Waals surface area contributed by atoms with Gasteiger partial charge in [-0.15, -0.1) is 0 Å². The van der Waals surface area contributed by atoms with Crippen LogP contribution in [0.4, 0.5) is 0 Å². The summed E-state index contributed by atoms with van der Waals surface area (Å²) in [7, 11) is -2.98. The zero-order valence-corrected chi connectivity index (χ0v) is 12.2. The minimum atomic E-state index is -2.98. The Morgan fingerprint density at radius 2 is 1.62 bits per heavy atom. The predicted molar refractivity (Wildman–Crippen MR) is 68.3 cm³/mol. The third kappa shape index (κ3) is 2.98. The van der Waals surface area contributed by atoms with Crippen molar-refractivity contribution in [2.45, 2.75) is 57.7 Å². The Balaban J connectivity index is 2.78. The van der Waals surface area contributed by atoms with Crippen LogP contribution in [0.2, 0.25) is 0 Å². The Labute approximate surface area is 99.9 Å². The second-order valence-electron chi connectivity index (χ2n) is 7.08. The molecule has 0 aromatic heterocycles. The average molecular weight is 247 g/mol. The Morgan fingerprint density at radius 3 is 1.88 bits per heavy atom. The van der Waals surface area contributed by atoms with Crippen molar-refractivity contribution in [1.29, 1.82) is 0 Å². The van der Waals surface area contributed by atoms with Crippen LogP contribution in [0.3, 0.4) is 0 Å². The molecule has 0 saturated heterocycles. The van der Waals surface area contributed by atoms with Crippen LogP contribution in [0, 0.1) is 5.41 Å². The summed E-state index contributed by atoms with van der Waals surface area (Å²) in [6, 6.07) is 0. The molecule has 4 heteroatoms. The van der Waals surface area contributed by atoms with Crippen molar-refractivity contribution in [2.75, 3.05) is 12.8 Å². The van der Waals surface area contributed by atoms with Crippen LogP contribution in [0.1, 0.15) is 47.5 Å². The van der Waals surface area contributed by atoms with Crippen LogP contribution in [0.25, 0.3) is 0 Å². The lowest BCUT2D eigenvalue weighted by Gasteiger charge is -2.52. The molecule has 0 unspecified atom stereocenters. The van der Waals surface area contributed by atoms with Gasteiger partial charge in [-0.1, -0.05) is 13.8 Å². The molecule has 0 amide bonds. The van der Waals surface area contributed by atoms with E-state index >= 15 is 0 Å². The third-order valence-corrected chi connectivity index (χ3v) is 5.34. The lowest BCUT2D eigenvalue weighted by molar-refractivity contribution is 0.111. The Bertz CT molecular complexity index is 355. The normalized spacial score (nSPS) is 23.9. The molecule has 0 heterocycles. The molecule has 1 rings (SSSR count). The van der Waals surface area contributed by atoms with E-state index < -0.39 is 14.6 Å². The Kier molecular flexibility index (Phi) is 3.23. The topological polar surface area (TPSA) is 46.2 Å². The van der Waals surface area contributed by atoms with Gasteiger partial charge in [-0.3, -0.25) is 0 Å². The second kappa shape index (κ2) is 3.70. The molecule has 0 bridgehead atoms. The molecule has 1 aliphatic carbocycles. The molecule has 1 saturated carbocycles. The van der Waals surface area contributed by atoms with Gasteiger partial charge in [0.1, 0.15) is 0 Å². The highest BCUT2D eigenvalue weighted by Crippen LogP contribution is 2.51. The maximum absolute atomic E-state index is 11.9. The summed E-state index contributed by atoms with van der Waals surface area (Å²) >= 11 is 0. The Hall–Kier alpha value is -0.0900. The van der Waals surface area contributed by atoms with Gasteiger partial charge in [-0.25, -0.2) is 8.42 Å². The van der Waals surface area contributed by atoms with Gasteiger partial charge in [0.2, 0.25) is 0 Å². The third-order valence-electron chi connectivity index (χ3n) is 3.33. The zero-order chi connectivity index (χ0) is 12.8. The minimum Gasteiger partial charge on any atom is -0.310 e. The van der Waals surface area contributed by atoms with Crippen LogP contribution >= 0.6 is 0 Å². The maximum Gasteiger partial charge on any atom is 0.154 e. The summed E-state index contributed by atoms with van der Waals surface area (Å²) in [5.41, 5.74) is 0.139. The highest BCUT2D eigenvalue weighted by molar-refractivity contribution is 7.92. The van der Waals surface area contributed by atoms with E-state index in [1.165, 1.54) is 6.26 Å². The molecule has 0 radical (unpaired) electrons. The van der Waals surface area contributed by atoms with Gasteiger partial charge >= 0.3 is 0 Å². The summed E-state index contributed by atoms with van der Waals surface area (Å²) < 4.78 is 23.3. The molecular weight excluding hydrogens is 222 g/mol. The molecule has 0 aromatic carbocycles. The molecule has 16 heavy (non-hydrogen) atoms. The van der Waals surface area contributed by atoms with Crippen molar-refractivity contribution < 1.29 is 8.42 Å². The number of sulfone groups is 1. The molecule has 1 aliphatic rings. The predicted octanol–water partition coefficient (Wildman–Crippen LogP) is 1.98. The van der Waals surface area contributed by atoms with Crippen molar-refractivity contribution >= 4 is 9.84 Å². The fourth-order valence-corrected chi connectivity index (χ4v) is 4.28. The molecule has 1 fully saturated rings. The van der Waals surface area contributed by atoms with E-state index in [-0.39, 0.29) is 11.0 Å². The van der Waals surface area contributed by atoms with Crippen LogP contribution < -0.4 is 5.32 Å². The first-order valence-electron chi connectivity index (χ1n) is 5.82. The molecule has 0 atom stereocenters.